The predicted octanol–water partition coefficient (Wildman–Crippen LogP) is -1.57. The first-order chi connectivity index (χ1) is 3.98. The van der Waals surface area contributed by atoms with Gasteiger partial charge in [0, 0.05) is 0 Å². The fraction of sp³-hybridized carbons (Fsp3) is 1.00. The van der Waals surface area contributed by atoms with Gasteiger partial charge in [-0.25, -0.2) is 4.84 Å². The van der Waals surface area contributed by atoms with Crippen LogP contribution in [0, 0.1) is 0 Å². The SMILES string of the molecule is CC[N+](C)(C)OC(C)C.[F-]. The zero-order valence-electron chi connectivity index (χ0n) is 7.52. The first kappa shape index (κ1) is 12.5. The summed E-state index contributed by atoms with van der Waals surface area (Å²) in [6.45, 7) is 7.23. The van der Waals surface area contributed by atoms with Crippen molar-refractivity contribution in [2.45, 2.75) is 26.9 Å². The number of nitrogens with zero attached hydrogens (tertiary/aromatic N) is 1. The highest BCUT2D eigenvalue weighted by Crippen LogP contribution is 2.01. The molecule has 3 heteroatoms. The molecular weight excluding hydrogens is 133 g/mol. The summed E-state index contributed by atoms with van der Waals surface area (Å²) in [4.78, 5) is 5.52. The van der Waals surface area contributed by atoms with Gasteiger partial charge in [-0.2, -0.15) is 4.65 Å². The number of rotatable bonds is 3. The van der Waals surface area contributed by atoms with E-state index in [0.717, 1.165) is 6.54 Å². The molecule has 10 heavy (non-hydrogen) atoms. The highest BCUT2D eigenvalue weighted by molar-refractivity contribution is 4.26. The summed E-state index contributed by atoms with van der Waals surface area (Å²) in [6, 6.07) is 0. The molecule has 0 aliphatic rings. The Balaban J connectivity index is 0. The molecule has 2 nitrogen and oxygen atoms in total. The van der Waals surface area contributed by atoms with Gasteiger partial charge in [0.05, 0.1) is 14.1 Å². The van der Waals surface area contributed by atoms with Crippen LogP contribution in [0.15, 0.2) is 0 Å². The van der Waals surface area contributed by atoms with Gasteiger partial charge in [-0.15, -0.1) is 0 Å². The maximum absolute atomic E-state index is 5.52. The van der Waals surface area contributed by atoms with Crippen molar-refractivity contribution in [3.63, 3.8) is 0 Å². The average molecular weight is 151 g/mol. The van der Waals surface area contributed by atoms with E-state index in [-0.39, 0.29) is 4.70 Å². The third-order valence-corrected chi connectivity index (χ3v) is 1.26. The summed E-state index contributed by atoms with van der Waals surface area (Å²) < 4.78 is 0.650. The number of hydrogen-bond acceptors (Lipinski definition) is 1. The summed E-state index contributed by atoms with van der Waals surface area (Å²) in [5.41, 5.74) is 0. The molecule has 0 heterocycles. The van der Waals surface area contributed by atoms with Gasteiger partial charge in [0.25, 0.3) is 0 Å². The van der Waals surface area contributed by atoms with Crippen LogP contribution in [0.3, 0.4) is 0 Å². The lowest BCUT2D eigenvalue weighted by molar-refractivity contribution is -1.08. The predicted molar refractivity (Wildman–Crippen MR) is 38.9 cm³/mol. The van der Waals surface area contributed by atoms with Crippen molar-refractivity contribution in [3.05, 3.63) is 0 Å². The van der Waals surface area contributed by atoms with Crippen LogP contribution in [-0.2, 0) is 4.84 Å². The lowest BCUT2D eigenvalue weighted by atomic mass is 10.5. The molecule has 0 aromatic rings. The molecule has 0 amide bonds. The van der Waals surface area contributed by atoms with E-state index in [1.807, 2.05) is 0 Å². The van der Waals surface area contributed by atoms with Crippen molar-refractivity contribution in [2.75, 3.05) is 20.6 Å². The van der Waals surface area contributed by atoms with Crippen molar-refractivity contribution in [2.24, 2.45) is 0 Å². The Morgan fingerprint density at radius 3 is 1.80 bits per heavy atom. The van der Waals surface area contributed by atoms with Gasteiger partial charge in [0.1, 0.15) is 12.6 Å². The Morgan fingerprint density at radius 2 is 1.70 bits per heavy atom. The Bertz CT molecular complexity index is 83.7. The van der Waals surface area contributed by atoms with Crippen LogP contribution >= 0.6 is 0 Å². The Labute approximate surface area is 62.7 Å². The van der Waals surface area contributed by atoms with Crippen LogP contribution in [0.25, 0.3) is 0 Å². The lowest BCUT2D eigenvalue weighted by Gasteiger charge is -2.27. The van der Waals surface area contributed by atoms with E-state index in [0.29, 0.717) is 10.8 Å². The molecule has 0 aliphatic carbocycles. The molecule has 0 aromatic heterocycles. The third kappa shape index (κ3) is 5.98. The van der Waals surface area contributed by atoms with Crippen LogP contribution in [-0.4, -0.2) is 31.4 Å². The van der Waals surface area contributed by atoms with Crippen LogP contribution in [0.5, 0.6) is 0 Å². The van der Waals surface area contributed by atoms with Gasteiger partial charge < -0.3 is 4.70 Å². The first-order valence-corrected chi connectivity index (χ1v) is 3.49. The quantitative estimate of drug-likeness (QED) is 0.350. The minimum absolute atomic E-state index is 0. The Morgan fingerprint density at radius 1 is 1.30 bits per heavy atom. The summed E-state index contributed by atoms with van der Waals surface area (Å²) in [5, 5.41) is 0. The van der Waals surface area contributed by atoms with E-state index in [4.69, 9.17) is 4.84 Å². The van der Waals surface area contributed by atoms with Gasteiger partial charge in [-0.3, -0.25) is 0 Å². The molecule has 0 aliphatic heterocycles. The Kier molecular flexibility index (Phi) is 5.80. The number of hydroxylamine groups is 3. The fourth-order valence-electron chi connectivity index (χ4n) is 0.645. The Hall–Kier alpha value is -0.150. The molecule has 0 fully saturated rings. The van der Waals surface area contributed by atoms with Gasteiger partial charge in [0.15, 0.2) is 0 Å². The molecule has 0 saturated heterocycles. The monoisotopic (exact) mass is 151 g/mol. The van der Waals surface area contributed by atoms with Gasteiger partial charge in [-0.05, 0) is 20.8 Å². The van der Waals surface area contributed by atoms with E-state index in [1.165, 1.54) is 0 Å². The number of quaternary nitrogens is 1. The van der Waals surface area contributed by atoms with Crippen LogP contribution < -0.4 is 4.70 Å². The second-order valence-corrected chi connectivity index (χ2v) is 3.04. The van der Waals surface area contributed by atoms with E-state index in [2.05, 4.69) is 34.9 Å². The lowest BCUT2D eigenvalue weighted by Crippen LogP contribution is -3.00. The van der Waals surface area contributed by atoms with Gasteiger partial charge >= 0.3 is 0 Å². The van der Waals surface area contributed by atoms with E-state index in [1.54, 1.807) is 0 Å². The van der Waals surface area contributed by atoms with E-state index in [9.17, 15) is 0 Å². The van der Waals surface area contributed by atoms with Gasteiger partial charge in [-0.1, -0.05) is 0 Å². The number of hydrogen-bond donors (Lipinski definition) is 0. The van der Waals surface area contributed by atoms with E-state index >= 15 is 0 Å². The normalized spacial score (nSPS) is 11.4. The van der Waals surface area contributed by atoms with Crippen LogP contribution in [0.4, 0.5) is 0 Å². The van der Waals surface area contributed by atoms with Crippen LogP contribution in [0.2, 0.25) is 0 Å². The minimum Gasteiger partial charge on any atom is -1.00 e. The smallest absolute Gasteiger partial charge is 0.111 e. The zero-order valence-corrected chi connectivity index (χ0v) is 7.52. The van der Waals surface area contributed by atoms with Crippen molar-refractivity contribution in [1.29, 1.82) is 0 Å². The van der Waals surface area contributed by atoms with Crippen molar-refractivity contribution in [1.82, 2.24) is 0 Å². The summed E-state index contributed by atoms with van der Waals surface area (Å²) in [7, 11) is 4.11. The summed E-state index contributed by atoms with van der Waals surface area (Å²) in [5.74, 6) is 0. The highest BCUT2D eigenvalue weighted by atomic mass is 19.0. The summed E-state index contributed by atoms with van der Waals surface area (Å²) >= 11 is 0. The molecule has 64 valence electrons. The second kappa shape index (κ2) is 4.63. The third-order valence-electron chi connectivity index (χ3n) is 1.26. The highest BCUT2D eigenvalue weighted by Gasteiger charge is 2.14. The molecule has 0 N–H and O–H groups in total. The van der Waals surface area contributed by atoms with Crippen LogP contribution in [0.1, 0.15) is 20.8 Å². The topological polar surface area (TPSA) is 9.23 Å². The zero-order chi connectivity index (χ0) is 7.49. The molecule has 0 bridgehead atoms. The molecule has 0 unspecified atom stereocenters. The first-order valence-electron chi connectivity index (χ1n) is 3.49. The maximum atomic E-state index is 5.52. The molecular formula is C7H18FNO. The van der Waals surface area contributed by atoms with Gasteiger partial charge in [0.2, 0.25) is 0 Å². The molecule has 0 rings (SSSR count). The second-order valence-electron chi connectivity index (χ2n) is 3.04. The molecule has 0 saturated carbocycles. The number of halogens is 1. The molecule has 0 spiro atoms. The molecule has 0 radical (unpaired) electrons. The largest absolute Gasteiger partial charge is 1.00 e. The van der Waals surface area contributed by atoms with E-state index < -0.39 is 0 Å². The average Bonchev–Trinajstić information content (AvgIpc) is 1.63. The van der Waals surface area contributed by atoms with Crippen molar-refractivity contribution in [3.8, 4) is 0 Å². The summed E-state index contributed by atoms with van der Waals surface area (Å²) in [6.07, 6.45) is 0.319. The standard InChI is InChI=1S/C7H18NO.FH/c1-6-8(4,5)9-7(2)3;/h7H,6H2,1-5H3;1H/q+1;/p-1. The minimum atomic E-state index is 0. The van der Waals surface area contributed by atoms with Crippen molar-refractivity contribution < 1.29 is 14.2 Å². The fourth-order valence-corrected chi connectivity index (χ4v) is 0.645. The molecule has 0 aromatic carbocycles. The van der Waals surface area contributed by atoms with Crippen molar-refractivity contribution >= 4 is 0 Å². The molecule has 0 atom stereocenters. The maximum Gasteiger partial charge on any atom is 0.111 e.